The van der Waals surface area contributed by atoms with Crippen molar-refractivity contribution in [2.45, 2.75) is 24.7 Å². The largest absolute Gasteiger partial charge is 0.396 e. The monoisotopic (exact) mass is 412 g/mol. The van der Waals surface area contributed by atoms with Crippen LogP contribution in [0.3, 0.4) is 0 Å². The summed E-state index contributed by atoms with van der Waals surface area (Å²) < 4.78 is 27.2. The fraction of sp³-hybridized carbons (Fsp3) is 0.333. The number of benzene rings is 1. The van der Waals surface area contributed by atoms with Crippen molar-refractivity contribution in [1.29, 1.82) is 0 Å². The van der Waals surface area contributed by atoms with E-state index in [0.717, 1.165) is 6.07 Å². The highest BCUT2D eigenvalue weighted by atomic mass is 35.5. The predicted octanol–water partition coefficient (Wildman–Crippen LogP) is 1.68. The number of rotatable bonds is 5. The molecule has 0 bridgehead atoms. The summed E-state index contributed by atoms with van der Waals surface area (Å²) in [6, 6.07) is 3.12. The Hall–Kier alpha value is -2.33. The van der Waals surface area contributed by atoms with Crippen LogP contribution < -0.4 is 11.1 Å². The second-order valence-corrected chi connectivity index (χ2v) is 6.88. The number of nitrogen functional groups attached to an aromatic ring is 1. The molecule has 0 aliphatic heterocycles. The normalized spacial score (nSPS) is 24.8. The molecule has 1 fully saturated rings. The molecule has 4 atom stereocenters. The molecule has 28 heavy (non-hydrogen) atoms. The van der Waals surface area contributed by atoms with Crippen LogP contribution in [-0.4, -0.2) is 50.1 Å². The van der Waals surface area contributed by atoms with Crippen LogP contribution in [-0.2, 0) is 0 Å². The molecule has 0 amide bonds. The number of aromatic nitrogens is 2. The summed E-state index contributed by atoms with van der Waals surface area (Å²) >= 11 is 6.14. The Kier molecular flexibility index (Phi) is 6.09. The molecule has 6 N–H and O–H groups in total. The highest BCUT2D eigenvalue weighted by Gasteiger charge is 2.41. The van der Waals surface area contributed by atoms with E-state index in [1.54, 1.807) is 0 Å². The Labute approximate surface area is 164 Å². The lowest BCUT2D eigenvalue weighted by Gasteiger charge is -2.20. The van der Waals surface area contributed by atoms with Crippen molar-refractivity contribution in [1.82, 2.24) is 9.97 Å². The van der Waals surface area contributed by atoms with Gasteiger partial charge in [0.2, 0.25) is 5.95 Å². The Balaban J connectivity index is 1.92. The van der Waals surface area contributed by atoms with Gasteiger partial charge in [0.1, 0.15) is 17.1 Å². The van der Waals surface area contributed by atoms with E-state index in [1.165, 1.54) is 24.3 Å². The number of anilines is 2. The van der Waals surface area contributed by atoms with Gasteiger partial charge < -0.3 is 26.4 Å². The average Bonchev–Trinajstić information content (AvgIpc) is 2.92. The second-order valence-electron chi connectivity index (χ2n) is 6.52. The zero-order chi connectivity index (χ0) is 20.4. The minimum atomic E-state index is -1.15. The number of nitrogens with two attached hydrogens (primary N) is 1. The third-order valence-electron chi connectivity index (χ3n) is 4.69. The lowest BCUT2D eigenvalue weighted by molar-refractivity contribution is 0.00445. The summed E-state index contributed by atoms with van der Waals surface area (Å²) in [7, 11) is 0. The molecule has 1 saturated carbocycles. The summed E-state index contributed by atoms with van der Waals surface area (Å²) in [6.07, 6.45) is 0.730. The Morgan fingerprint density at radius 1 is 1.21 bits per heavy atom. The molecule has 10 heteroatoms. The minimum Gasteiger partial charge on any atom is -0.396 e. The van der Waals surface area contributed by atoms with Crippen molar-refractivity contribution >= 4 is 35.5 Å². The van der Waals surface area contributed by atoms with Crippen molar-refractivity contribution < 1.29 is 24.1 Å². The molecule has 1 heterocycles. The van der Waals surface area contributed by atoms with Crippen molar-refractivity contribution in [2.24, 2.45) is 5.92 Å². The zero-order valence-corrected chi connectivity index (χ0v) is 15.3. The molecule has 150 valence electrons. The van der Waals surface area contributed by atoms with Gasteiger partial charge in [-0.05, 0) is 18.6 Å². The van der Waals surface area contributed by atoms with Gasteiger partial charge in [-0.15, -0.1) is 0 Å². The van der Waals surface area contributed by atoms with E-state index >= 15 is 0 Å². The Bertz CT molecular complexity index is 899. The summed E-state index contributed by atoms with van der Waals surface area (Å²) in [6.45, 7) is -0.283. The maximum atomic E-state index is 13.9. The Morgan fingerprint density at radius 3 is 2.64 bits per heavy atom. The standard InChI is InChI=1S/C18H19ClF2N4O3/c19-16-10(5-4-8-2-1-3-11(20)13(8)21)17(25-18(22)24-16)23-12-6-9(7-26)14(27)15(12)28/h1-5,9,12,14-15,26-28H,6-7H2,(H3,22,23,24,25)/b5-4+/t9-,12-,14-,15+/m1/s1. The van der Waals surface area contributed by atoms with Gasteiger partial charge in [0.05, 0.1) is 17.7 Å². The number of hydrogen-bond donors (Lipinski definition) is 5. The van der Waals surface area contributed by atoms with E-state index in [-0.39, 0.29) is 41.1 Å². The highest BCUT2D eigenvalue weighted by molar-refractivity contribution is 6.31. The van der Waals surface area contributed by atoms with Crippen LogP contribution in [0.1, 0.15) is 17.5 Å². The van der Waals surface area contributed by atoms with E-state index < -0.39 is 35.8 Å². The number of hydrogen-bond acceptors (Lipinski definition) is 7. The van der Waals surface area contributed by atoms with Crippen molar-refractivity contribution in [3.63, 3.8) is 0 Å². The molecule has 0 spiro atoms. The predicted molar refractivity (Wildman–Crippen MR) is 101 cm³/mol. The van der Waals surface area contributed by atoms with Gasteiger partial charge in [-0.2, -0.15) is 4.98 Å². The number of nitrogens with one attached hydrogen (secondary N) is 1. The molecule has 1 aromatic heterocycles. The SMILES string of the molecule is Nc1nc(Cl)c(/C=C/c2cccc(F)c2F)c(N[C@@H]2C[C@H](CO)[C@@H](O)[C@H]2O)n1. The van der Waals surface area contributed by atoms with E-state index in [2.05, 4.69) is 15.3 Å². The van der Waals surface area contributed by atoms with Gasteiger partial charge in [-0.3, -0.25) is 0 Å². The second kappa shape index (κ2) is 8.36. The first-order valence-electron chi connectivity index (χ1n) is 8.50. The summed E-state index contributed by atoms with van der Waals surface area (Å²) in [5, 5.41) is 32.4. The maximum absolute atomic E-state index is 13.9. The van der Waals surface area contributed by atoms with Crippen molar-refractivity contribution in [3.8, 4) is 0 Å². The van der Waals surface area contributed by atoms with E-state index in [4.69, 9.17) is 17.3 Å². The number of aliphatic hydroxyl groups is 3. The molecular weight excluding hydrogens is 394 g/mol. The number of aliphatic hydroxyl groups excluding tert-OH is 3. The topological polar surface area (TPSA) is 125 Å². The van der Waals surface area contributed by atoms with Crippen LogP contribution in [0.4, 0.5) is 20.5 Å². The van der Waals surface area contributed by atoms with Crippen LogP contribution in [0.25, 0.3) is 12.2 Å². The minimum absolute atomic E-state index is 0.00416. The molecule has 7 nitrogen and oxygen atoms in total. The molecule has 3 rings (SSSR count). The van der Waals surface area contributed by atoms with Gasteiger partial charge in [-0.1, -0.05) is 29.8 Å². The fourth-order valence-corrected chi connectivity index (χ4v) is 3.40. The van der Waals surface area contributed by atoms with E-state index in [1.807, 2.05) is 0 Å². The Morgan fingerprint density at radius 2 is 1.96 bits per heavy atom. The van der Waals surface area contributed by atoms with Crippen LogP contribution >= 0.6 is 11.6 Å². The van der Waals surface area contributed by atoms with Crippen LogP contribution in [0.2, 0.25) is 5.15 Å². The quantitative estimate of drug-likeness (QED) is 0.473. The molecule has 1 aromatic carbocycles. The first kappa shape index (κ1) is 20.4. The summed E-state index contributed by atoms with van der Waals surface area (Å²) in [5.41, 5.74) is 5.88. The maximum Gasteiger partial charge on any atom is 0.223 e. The highest BCUT2D eigenvalue weighted by Crippen LogP contribution is 2.32. The smallest absolute Gasteiger partial charge is 0.223 e. The van der Waals surface area contributed by atoms with Gasteiger partial charge in [-0.25, -0.2) is 13.8 Å². The number of nitrogens with zero attached hydrogens (tertiary/aromatic N) is 2. The summed E-state index contributed by atoms with van der Waals surface area (Å²) in [5.74, 6) is -2.48. The van der Waals surface area contributed by atoms with Crippen molar-refractivity contribution in [2.75, 3.05) is 17.7 Å². The van der Waals surface area contributed by atoms with Crippen LogP contribution in [0.15, 0.2) is 18.2 Å². The van der Waals surface area contributed by atoms with E-state index in [0.29, 0.717) is 0 Å². The van der Waals surface area contributed by atoms with Crippen LogP contribution in [0.5, 0.6) is 0 Å². The molecule has 0 unspecified atom stereocenters. The third kappa shape index (κ3) is 4.07. The lowest BCUT2D eigenvalue weighted by atomic mass is 10.1. The molecular formula is C18H19ClF2N4O3. The van der Waals surface area contributed by atoms with Crippen LogP contribution in [0, 0.1) is 17.6 Å². The third-order valence-corrected chi connectivity index (χ3v) is 4.97. The lowest BCUT2D eigenvalue weighted by Crippen LogP contribution is -2.35. The first-order chi connectivity index (χ1) is 13.3. The molecule has 1 aliphatic carbocycles. The molecule has 0 saturated heterocycles. The number of halogens is 3. The van der Waals surface area contributed by atoms with Crippen molar-refractivity contribution in [3.05, 3.63) is 46.1 Å². The molecule has 2 aromatic rings. The first-order valence-corrected chi connectivity index (χ1v) is 8.88. The average molecular weight is 413 g/mol. The molecule has 1 aliphatic rings. The van der Waals surface area contributed by atoms with Gasteiger partial charge in [0, 0.05) is 18.1 Å². The van der Waals surface area contributed by atoms with Gasteiger partial charge in [0.15, 0.2) is 11.6 Å². The summed E-state index contributed by atoms with van der Waals surface area (Å²) in [4.78, 5) is 7.90. The van der Waals surface area contributed by atoms with Gasteiger partial charge in [0.25, 0.3) is 0 Å². The molecule has 0 radical (unpaired) electrons. The van der Waals surface area contributed by atoms with E-state index in [9.17, 15) is 24.1 Å². The van der Waals surface area contributed by atoms with Gasteiger partial charge >= 0.3 is 0 Å². The fourth-order valence-electron chi connectivity index (χ4n) is 3.16. The zero-order valence-electron chi connectivity index (χ0n) is 14.6.